The Morgan fingerprint density at radius 3 is 2.47 bits per heavy atom. The predicted octanol–water partition coefficient (Wildman–Crippen LogP) is 2.16. The summed E-state index contributed by atoms with van der Waals surface area (Å²) in [5.74, 6) is -1.51. The van der Waals surface area contributed by atoms with Crippen molar-refractivity contribution in [1.29, 1.82) is 0 Å². The van der Waals surface area contributed by atoms with Gasteiger partial charge in [0.05, 0.1) is 6.54 Å². The zero-order chi connectivity index (χ0) is 24.3. The summed E-state index contributed by atoms with van der Waals surface area (Å²) in [5, 5.41) is 9.93. The monoisotopic (exact) mass is 463 g/mol. The Morgan fingerprint density at radius 1 is 1.06 bits per heavy atom. The third kappa shape index (κ3) is 4.68. The summed E-state index contributed by atoms with van der Waals surface area (Å²) in [5.41, 5.74) is 1.00. The van der Waals surface area contributed by atoms with E-state index in [0.29, 0.717) is 13.0 Å². The molecule has 176 valence electrons. The highest BCUT2D eigenvalue weighted by atomic mass is 19.1. The van der Waals surface area contributed by atoms with Gasteiger partial charge in [-0.1, -0.05) is 42.5 Å². The fraction of sp³-hybridized carbons (Fsp3) is 0.280. The van der Waals surface area contributed by atoms with E-state index < -0.39 is 11.4 Å². The van der Waals surface area contributed by atoms with E-state index in [1.54, 1.807) is 26.1 Å². The van der Waals surface area contributed by atoms with Gasteiger partial charge in [-0.25, -0.2) is 4.39 Å². The van der Waals surface area contributed by atoms with E-state index in [1.807, 2.05) is 30.3 Å². The molecule has 0 saturated heterocycles. The topological polar surface area (TPSA) is 96.3 Å². The first kappa shape index (κ1) is 23.2. The van der Waals surface area contributed by atoms with Crippen LogP contribution in [0.2, 0.25) is 0 Å². The van der Waals surface area contributed by atoms with E-state index in [0.717, 1.165) is 11.1 Å². The number of rotatable bonds is 7. The Labute approximate surface area is 196 Å². The van der Waals surface area contributed by atoms with E-state index in [-0.39, 0.29) is 42.1 Å². The third-order valence-electron chi connectivity index (χ3n) is 6.13. The Morgan fingerprint density at radius 2 is 1.76 bits per heavy atom. The smallest absolute Gasteiger partial charge is 0.272 e. The lowest BCUT2D eigenvalue weighted by Gasteiger charge is -2.40. The van der Waals surface area contributed by atoms with Crippen LogP contribution < -0.4 is 10.6 Å². The molecule has 1 aliphatic rings. The summed E-state index contributed by atoms with van der Waals surface area (Å²) in [6, 6.07) is 17.0. The highest BCUT2D eigenvalue weighted by Gasteiger charge is 2.46. The predicted molar refractivity (Wildman–Crippen MR) is 123 cm³/mol. The van der Waals surface area contributed by atoms with E-state index in [2.05, 4.69) is 15.7 Å². The molecule has 2 N–H and O–H groups in total. The average molecular weight is 464 g/mol. The van der Waals surface area contributed by atoms with Crippen molar-refractivity contribution >= 4 is 17.7 Å². The van der Waals surface area contributed by atoms with Crippen molar-refractivity contribution in [2.45, 2.75) is 32.0 Å². The van der Waals surface area contributed by atoms with Gasteiger partial charge in [0.15, 0.2) is 5.69 Å². The fourth-order valence-electron chi connectivity index (χ4n) is 3.87. The Kier molecular flexibility index (Phi) is 6.45. The highest BCUT2D eigenvalue weighted by Crippen LogP contribution is 2.26. The first-order valence-corrected chi connectivity index (χ1v) is 11.0. The van der Waals surface area contributed by atoms with Crippen LogP contribution in [-0.4, -0.2) is 51.5 Å². The number of nitrogens with one attached hydrogen (secondary N) is 2. The number of aromatic nitrogens is 2. The number of nitrogens with zero attached hydrogens (tertiary/aromatic N) is 3. The number of carbonyl (C=O) groups excluding carboxylic acids is 3. The molecule has 2 heterocycles. The molecule has 8 nitrogen and oxygen atoms in total. The van der Waals surface area contributed by atoms with Gasteiger partial charge in [-0.15, -0.1) is 0 Å². The number of likely N-dealkylation sites (N-methyl/N-ethyl adjacent to an activating group) is 1. The first-order valence-electron chi connectivity index (χ1n) is 11.0. The summed E-state index contributed by atoms with van der Waals surface area (Å²) >= 11 is 0. The van der Waals surface area contributed by atoms with Gasteiger partial charge in [0.2, 0.25) is 5.91 Å². The van der Waals surface area contributed by atoms with Crippen molar-refractivity contribution in [2.75, 3.05) is 13.6 Å². The number of halogens is 1. The number of benzene rings is 2. The van der Waals surface area contributed by atoms with Crippen LogP contribution in [0.15, 0.2) is 60.7 Å². The minimum atomic E-state index is -1.21. The molecule has 0 spiro atoms. The van der Waals surface area contributed by atoms with Gasteiger partial charge in [-0.3, -0.25) is 19.1 Å². The molecule has 3 aromatic rings. The minimum Gasteiger partial charge on any atom is -0.350 e. The van der Waals surface area contributed by atoms with Crippen LogP contribution in [0.5, 0.6) is 0 Å². The quantitative estimate of drug-likeness (QED) is 0.561. The van der Waals surface area contributed by atoms with Crippen LogP contribution in [0, 0.1) is 5.82 Å². The molecule has 9 heteroatoms. The van der Waals surface area contributed by atoms with Crippen molar-refractivity contribution in [3.8, 4) is 0 Å². The first-order chi connectivity index (χ1) is 16.3. The molecule has 1 atom stereocenters. The van der Waals surface area contributed by atoms with Crippen molar-refractivity contribution in [3.63, 3.8) is 0 Å². The number of hydrogen-bond donors (Lipinski definition) is 2. The minimum absolute atomic E-state index is 0.0944. The van der Waals surface area contributed by atoms with E-state index in [1.165, 1.54) is 27.8 Å². The van der Waals surface area contributed by atoms with Gasteiger partial charge in [0.25, 0.3) is 11.8 Å². The molecule has 0 radical (unpaired) electrons. The van der Waals surface area contributed by atoms with Crippen LogP contribution in [0.4, 0.5) is 4.39 Å². The highest BCUT2D eigenvalue weighted by molar-refractivity contribution is 6.01. The van der Waals surface area contributed by atoms with Crippen molar-refractivity contribution in [3.05, 3.63) is 89.0 Å². The lowest BCUT2D eigenvalue weighted by atomic mass is 9.96. The van der Waals surface area contributed by atoms with Crippen molar-refractivity contribution < 1.29 is 18.8 Å². The van der Waals surface area contributed by atoms with Crippen molar-refractivity contribution in [1.82, 2.24) is 25.3 Å². The molecule has 0 bridgehead atoms. The maximum atomic E-state index is 13.1. The van der Waals surface area contributed by atoms with E-state index in [9.17, 15) is 18.8 Å². The second-order valence-corrected chi connectivity index (χ2v) is 8.51. The van der Waals surface area contributed by atoms with Gasteiger partial charge in [-0.2, -0.15) is 5.10 Å². The fourth-order valence-corrected chi connectivity index (χ4v) is 3.87. The molecule has 0 saturated carbocycles. The van der Waals surface area contributed by atoms with Crippen LogP contribution >= 0.6 is 0 Å². The van der Waals surface area contributed by atoms with Gasteiger partial charge in [-0.05, 0) is 36.6 Å². The maximum absolute atomic E-state index is 13.1. The van der Waals surface area contributed by atoms with Gasteiger partial charge < -0.3 is 15.5 Å². The van der Waals surface area contributed by atoms with Crippen molar-refractivity contribution in [2.24, 2.45) is 0 Å². The normalized spacial score (nSPS) is 17.3. The van der Waals surface area contributed by atoms with Crippen LogP contribution in [-0.2, 0) is 24.3 Å². The summed E-state index contributed by atoms with van der Waals surface area (Å²) in [4.78, 5) is 40.0. The molecule has 34 heavy (non-hydrogen) atoms. The van der Waals surface area contributed by atoms with Gasteiger partial charge in [0, 0.05) is 26.2 Å². The molecular weight excluding hydrogens is 437 g/mol. The van der Waals surface area contributed by atoms with Crippen LogP contribution in [0.3, 0.4) is 0 Å². The summed E-state index contributed by atoms with van der Waals surface area (Å²) in [6.07, 6.45) is 0.675. The molecule has 0 fully saturated rings. The number of carbonyl (C=O) groups is 3. The SMILES string of the molecule is CN1C(=O)c2cc(C(=O)NCCc3ccccc3)nn2C[C@]1(C)C(=O)NCc1ccc(F)cc1. The number of amides is 3. The average Bonchev–Trinajstić information content (AvgIpc) is 3.26. The number of fused-ring (bicyclic) bond motifs is 1. The van der Waals surface area contributed by atoms with E-state index >= 15 is 0 Å². The summed E-state index contributed by atoms with van der Waals surface area (Å²) in [6.45, 7) is 2.37. The van der Waals surface area contributed by atoms with E-state index in [4.69, 9.17) is 0 Å². The van der Waals surface area contributed by atoms with Crippen LogP contribution in [0.25, 0.3) is 0 Å². The zero-order valence-corrected chi connectivity index (χ0v) is 19.0. The second kappa shape index (κ2) is 9.46. The Bertz CT molecular complexity index is 1210. The molecule has 3 amide bonds. The lowest BCUT2D eigenvalue weighted by Crippen LogP contribution is -2.62. The summed E-state index contributed by atoms with van der Waals surface area (Å²) in [7, 11) is 1.55. The Hall–Kier alpha value is -4.01. The largest absolute Gasteiger partial charge is 0.350 e. The standard InChI is InChI=1S/C25H26FN5O3/c1-25(24(34)28-15-18-8-10-19(26)11-9-18)16-31-21(23(33)30(25)2)14-20(29-31)22(32)27-13-12-17-6-4-3-5-7-17/h3-11,14H,12-13,15-16H2,1-2H3,(H,27,32)(H,28,34)/t25-/m1/s1. The van der Waals surface area contributed by atoms with Gasteiger partial charge in [0.1, 0.15) is 17.1 Å². The third-order valence-corrected chi connectivity index (χ3v) is 6.13. The molecular formula is C25H26FN5O3. The lowest BCUT2D eigenvalue weighted by molar-refractivity contribution is -0.132. The molecule has 1 aromatic heterocycles. The van der Waals surface area contributed by atoms with Crippen LogP contribution in [0.1, 0.15) is 39.0 Å². The zero-order valence-electron chi connectivity index (χ0n) is 19.0. The maximum Gasteiger partial charge on any atom is 0.272 e. The van der Waals surface area contributed by atoms with Gasteiger partial charge >= 0.3 is 0 Å². The summed E-state index contributed by atoms with van der Waals surface area (Å²) < 4.78 is 14.5. The Balaban J connectivity index is 1.42. The molecule has 4 rings (SSSR count). The molecule has 1 aliphatic heterocycles. The number of hydrogen-bond acceptors (Lipinski definition) is 4. The second-order valence-electron chi connectivity index (χ2n) is 8.51. The molecule has 0 unspecified atom stereocenters. The molecule has 0 aliphatic carbocycles. The molecule has 2 aromatic carbocycles.